The Morgan fingerprint density at radius 1 is 1.16 bits per heavy atom. The molecule has 0 spiro atoms. The van der Waals surface area contributed by atoms with Crippen LogP contribution in [-0.4, -0.2) is 35.3 Å². The molecule has 0 aliphatic heterocycles. The van der Waals surface area contributed by atoms with E-state index in [1.165, 1.54) is 20.3 Å². The van der Waals surface area contributed by atoms with E-state index < -0.39 is 5.82 Å². The number of pyridine rings is 1. The maximum atomic E-state index is 14.0. The minimum atomic E-state index is -0.452. The molecule has 0 aliphatic carbocycles. The Morgan fingerprint density at radius 2 is 2.03 bits per heavy atom. The van der Waals surface area contributed by atoms with Crippen molar-refractivity contribution in [3.05, 3.63) is 83.1 Å². The average Bonchev–Trinajstić information content (AvgIpc) is 3.24. The summed E-state index contributed by atoms with van der Waals surface area (Å²) in [7, 11) is 2.92. The molecule has 0 unspecified atom stereocenters. The summed E-state index contributed by atoms with van der Waals surface area (Å²) in [5.74, 6) is -0.149. The number of carbonyl (C=O) groups excluding carboxylic acids is 1. The van der Waals surface area contributed by atoms with Gasteiger partial charge in [0.15, 0.2) is 11.6 Å². The van der Waals surface area contributed by atoms with E-state index in [1.54, 1.807) is 48.8 Å². The van der Waals surface area contributed by atoms with Gasteiger partial charge in [-0.15, -0.1) is 0 Å². The highest BCUT2D eigenvalue weighted by atomic mass is 19.1. The van der Waals surface area contributed by atoms with Crippen LogP contribution in [0.4, 0.5) is 4.39 Å². The zero-order chi connectivity index (χ0) is 22.5. The normalized spacial score (nSPS) is 11.1. The molecule has 162 valence electrons. The van der Waals surface area contributed by atoms with E-state index in [1.807, 2.05) is 12.1 Å². The van der Waals surface area contributed by atoms with Crippen LogP contribution in [0.15, 0.2) is 54.9 Å². The number of aromatic nitrogens is 3. The van der Waals surface area contributed by atoms with Gasteiger partial charge in [0.05, 0.1) is 36.4 Å². The molecule has 2 N–H and O–H groups in total. The van der Waals surface area contributed by atoms with E-state index in [-0.39, 0.29) is 11.7 Å². The van der Waals surface area contributed by atoms with Crippen LogP contribution in [-0.2, 0) is 6.54 Å². The van der Waals surface area contributed by atoms with Crippen LogP contribution in [0.25, 0.3) is 23.1 Å². The second kappa shape index (κ2) is 9.30. The highest BCUT2D eigenvalue weighted by Gasteiger charge is 2.18. The zero-order valence-corrected chi connectivity index (χ0v) is 17.6. The second-order valence-corrected chi connectivity index (χ2v) is 6.95. The number of carbonyl (C=O) groups is 1. The maximum Gasteiger partial charge on any atom is 0.255 e. The third-order valence-corrected chi connectivity index (χ3v) is 4.94. The van der Waals surface area contributed by atoms with Gasteiger partial charge in [-0.2, -0.15) is 5.10 Å². The lowest BCUT2D eigenvalue weighted by Gasteiger charge is -2.11. The minimum absolute atomic E-state index is 0.177. The van der Waals surface area contributed by atoms with Crippen molar-refractivity contribution in [1.82, 2.24) is 20.5 Å². The van der Waals surface area contributed by atoms with Crippen molar-refractivity contribution in [2.45, 2.75) is 6.54 Å². The third kappa shape index (κ3) is 4.29. The van der Waals surface area contributed by atoms with Crippen molar-refractivity contribution in [1.29, 1.82) is 0 Å². The first-order chi connectivity index (χ1) is 15.6. The summed E-state index contributed by atoms with van der Waals surface area (Å²) in [4.78, 5) is 16.9. The van der Waals surface area contributed by atoms with Gasteiger partial charge in [0.25, 0.3) is 5.91 Å². The Morgan fingerprint density at radius 3 is 2.75 bits per heavy atom. The smallest absolute Gasteiger partial charge is 0.255 e. The third-order valence-electron chi connectivity index (χ3n) is 4.94. The van der Waals surface area contributed by atoms with E-state index in [4.69, 9.17) is 9.47 Å². The number of nitrogens with one attached hydrogen (secondary N) is 2. The van der Waals surface area contributed by atoms with E-state index >= 15 is 0 Å². The number of hydrogen-bond acceptors (Lipinski definition) is 5. The molecule has 0 bridgehead atoms. The predicted molar refractivity (Wildman–Crippen MR) is 120 cm³/mol. The highest BCUT2D eigenvalue weighted by Crippen LogP contribution is 2.32. The number of fused-ring (bicyclic) bond motifs is 1. The van der Waals surface area contributed by atoms with Crippen LogP contribution in [0.3, 0.4) is 0 Å². The molecule has 2 heterocycles. The second-order valence-electron chi connectivity index (χ2n) is 6.95. The summed E-state index contributed by atoms with van der Waals surface area (Å²) in [6.07, 6.45) is 6.84. The fourth-order valence-corrected chi connectivity index (χ4v) is 3.36. The van der Waals surface area contributed by atoms with Gasteiger partial charge in [0.2, 0.25) is 0 Å². The number of halogens is 1. The molecular formula is C24H21FN4O3. The predicted octanol–water partition coefficient (Wildman–Crippen LogP) is 4.21. The number of amides is 1. The topological polar surface area (TPSA) is 89.1 Å². The number of benzene rings is 2. The SMILES string of the molecule is COc1ccc(C=Cc2n[nH]c3ccc(C(=O)NCc4cccnc4)c(OC)c23)cc1F. The number of ether oxygens (including phenoxy) is 2. The number of rotatable bonds is 7. The van der Waals surface area contributed by atoms with Crippen molar-refractivity contribution >= 4 is 29.0 Å². The molecule has 1 amide bonds. The largest absolute Gasteiger partial charge is 0.495 e. The molecule has 0 saturated carbocycles. The molecule has 4 rings (SSSR count). The standard InChI is InChI=1S/C24H21FN4O3/c1-31-21-10-6-15(12-18(21)25)5-8-19-22-20(29-28-19)9-7-17(23(22)32-2)24(30)27-14-16-4-3-11-26-13-16/h3-13H,14H2,1-2H3,(H,27,30)(H,28,29). The van der Waals surface area contributed by atoms with Crippen LogP contribution in [0.5, 0.6) is 11.5 Å². The van der Waals surface area contributed by atoms with Gasteiger partial charge in [-0.25, -0.2) is 4.39 Å². The molecule has 0 aliphatic rings. The van der Waals surface area contributed by atoms with Gasteiger partial charge < -0.3 is 14.8 Å². The summed E-state index contributed by atoms with van der Waals surface area (Å²) in [6, 6.07) is 11.8. The van der Waals surface area contributed by atoms with Crippen LogP contribution in [0, 0.1) is 5.82 Å². The van der Waals surface area contributed by atoms with Crippen molar-refractivity contribution in [2.75, 3.05) is 14.2 Å². The monoisotopic (exact) mass is 432 g/mol. The molecule has 7 nitrogen and oxygen atoms in total. The van der Waals surface area contributed by atoms with Crippen LogP contribution < -0.4 is 14.8 Å². The van der Waals surface area contributed by atoms with Crippen LogP contribution in [0.1, 0.15) is 27.2 Å². The lowest BCUT2D eigenvalue weighted by Crippen LogP contribution is -2.23. The highest BCUT2D eigenvalue weighted by molar-refractivity contribution is 6.05. The van der Waals surface area contributed by atoms with Crippen LogP contribution >= 0.6 is 0 Å². The van der Waals surface area contributed by atoms with E-state index in [2.05, 4.69) is 20.5 Å². The quantitative estimate of drug-likeness (QED) is 0.457. The summed E-state index contributed by atoms with van der Waals surface area (Å²) >= 11 is 0. The molecule has 0 saturated heterocycles. The van der Waals surface area contributed by atoms with E-state index in [0.717, 1.165) is 5.56 Å². The molecule has 8 heteroatoms. The summed E-state index contributed by atoms with van der Waals surface area (Å²) < 4.78 is 24.5. The fourth-order valence-electron chi connectivity index (χ4n) is 3.36. The number of hydrogen-bond donors (Lipinski definition) is 2. The Bertz CT molecular complexity index is 1290. The molecule has 0 atom stereocenters. The molecule has 0 radical (unpaired) electrons. The van der Waals surface area contributed by atoms with E-state index in [0.29, 0.717) is 40.0 Å². The Labute approximate surface area is 183 Å². The Hall–Kier alpha value is -4.20. The molecule has 2 aromatic carbocycles. The van der Waals surface area contributed by atoms with Crippen molar-refractivity contribution in [2.24, 2.45) is 0 Å². The van der Waals surface area contributed by atoms with Gasteiger partial charge in [-0.1, -0.05) is 18.2 Å². The molecule has 4 aromatic rings. The van der Waals surface area contributed by atoms with Crippen molar-refractivity contribution in [3.63, 3.8) is 0 Å². The van der Waals surface area contributed by atoms with Crippen LogP contribution in [0.2, 0.25) is 0 Å². The molecular weight excluding hydrogens is 411 g/mol. The van der Waals surface area contributed by atoms with Gasteiger partial charge >= 0.3 is 0 Å². The fraction of sp³-hybridized carbons (Fsp3) is 0.125. The number of nitrogens with zero attached hydrogens (tertiary/aromatic N) is 2. The number of H-pyrrole nitrogens is 1. The lowest BCUT2D eigenvalue weighted by atomic mass is 10.1. The molecule has 32 heavy (non-hydrogen) atoms. The summed E-state index contributed by atoms with van der Waals surface area (Å²) in [5.41, 5.74) is 3.19. The van der Waals surface area contributed by atoms with Gasteiger partial charge in [0.1, 0.15) is 5.75 Å². The Balaban J connectivity index is 1.63. The van der Waals surface area contributed by atoms with Crippen molar-refractivity contribution < 1.29 is 18.7 Å². The first-order valence-electron chi connectivity index (χ1n) is 9.84. The minimum Gasteiger partial charge on any atom is -0.495 e. The van der Waals surface area contributed by atoms with Gasteiger partial charge in [0, 0.05) is 18.9 Å². The molecule has 0 fully saturated rings. The summed E-state index contributed by atoms with van der Waals surface area (Å²) in [5, 5.41) is 10.8. The number of methoxy groups -OCH3 is 2. The lowest BCUT2D eigenvalue weighted by molar-refractivity contribution is 0.0948. The maximum absolute atomic E-state index is 14.0. The Kier molecular flexibility index (Phi) is 6.12. The van der Waals surface area contributed by atoms with Crippen molar-refractivity contribution in [3.8, 4) is 11.5 Å². The van der Waals surface area contributed by atoms with Gasteiger partial charge in [-0.3, -0.25) is 14.9 Å². The zero-order valence-electron chi connectivity index (χ0n) is 17.6. The van der Waals surface area contributed by atoms with E-state index in [9.17, 15) is 9.18 Å². The van der Waals surface area contributed by atoms with Gasteiger partial charge in [-0.05, 0) is 47.5 Å². The first kappa shape index (κ1) is 21.0. The molecule has 2 aromatic heterocycles. The first-order valence-corrected chi connectivity index (χ1v) is 9.84. The number of aromatic amines is 1. The average molecular weight is 432 g/mol. The summed E-state index contributed by atoms with van der Waals surface area (Å²) in [6.45, 7) is 0.342.